The Hall–Kier alpha value is -2.10. The molecule has 1 aromatic rings. The van der Waals surface area contributed by atoms with Crippen molar-refractivity contribution in [2.75, 3.05) is 7.11 Å². The van der Waals surface area contributed by atoms with Gasteiger partial charge in [0.25, 0.3) is 0 Å². The zero-order chi connectivity index (χ0) is 13.5. The van der Waals surface area contributed by atoms with E-state index in [1.54, 1.807) is 6.08 Å². The van der Waals surface area contributed by atoms with Crippen LogP contribution in [0.15, 0.2) is 24.3 Å². The molecule has 0 fully saturated rings. The largest absolute Gasteiger partial charge is 0.478 e. The molecule has 0 unspecified atom stereocenters. The highest BCUT2D eigenvalue weighted by molar-refractivity contribution is 5.85. The molecule has 4 nitrogen and oxygen atoms in total. The molecule has 18 heavy (non-hydrogen) atoms. The fourth-order valence-corrected chi connectivity index (χ4v) is 1.60. The van der Waals surface area contributed by atoms with Crippen LogP contribution in [0.25, 0.3) is 6.08 Å². The molecule has 96 valence electrons. The highest BCUT2D eigenvalue weighted by Crippen LogP contribution is 2.15. The number of benzene rings is 1. The van der Waals surface area contributed by atoms with E-state index in [4.69, 9.17) is 5.11 Å². The maximum atomic E-state index is 11.1. The van der Waals surface area contributed by atoms with Crippen LogP contribution < -0.4 is 0 Å². The number of carboxylic acids is 1. The minimum Gasteiger partial charge on any atom is -0.478 e. The maximum Gasteiger partial charge on any atom is 0.328 e. The summed E-state index contributed by atoms with van der Waals surface area (Å²) >= 11 is 0. The first kappa shape index (κ1) is 14.0. The van der Waals surface area contributed by atoms with Gasteiger partial charge >= 0.3 is 11.9 Å². The summed E-state index contributed by atoms with van der Waals surface area (Å²) in [6.45, 7) is 1.93. The van der Waals surface area contributed by atoms with Crippen molar-refractivity contribution < 1.29 is 19.4 Å². The van der Waals surface area contributed by atoms with Crippen LogP contribution in [0.3, 0.4) is 0 Å². The van der Waals surface area contributed by atoms with Gasteiger partial charge in [-0.05, 0) is 30.5 Å². The Morgan fingerprint density at radius 2 is 2.11 bits per heavy atom. The van der Waals surface area contributed by atoms with Gasteiger partial charge in [0.2, 0.25) is 0 Å². The normalized spacial score (nSPS) is 10.6. The first-order chi connectivity index (χ1) is 8.52. The van der Waals surface area contributed by atoms with E-state index in [0.29, 0.717) is 6.42 Å². The van der Waals surface area contributed by atoms with Crippen LogP contribution in [0.2, 0.25) is 0 Å². The van der Waals surface area contributed by atoms with E-state index >= 15 is 0 Å². The molecule has 4 heteroatoms. The lowest BCUT2D eigenvalue weighted by atomic mass is 10.00. The average molecular weight is 248 g/mol. The summed E-state index contributed by atoms with van der Waals surface area (Å²) in [5.41, 5.74) is 2.80. The number of methoxy groups -OCH3 is 1. The lowest BCUT2D eigenvalue weighted by Crippen LogP contribution is -2.03. The number of hydrogen-bond acceptors (Lipinski definition) is 3. The highest BCUT2D eigenvalue weighted by Gasteiger charge is 2.05. The number of carbonyl (C=O) groups excluding carboxylic acids is 1. The maximum absolute atomic E-state index is 11.1. The van der Waals surface area contributed by atoms with E-state index in [0.717, 1.165) is 22.8 Å². The molecule has 0 spiro atoms. The van der Waals surface area contributed by atoms with Gasteiger partial charge in [0.15, 0.2) is 0 Å². The van der Waals surface area contributed by atoms with Crippen molar-refractivity contribution in [3.05, 3.63) is 41.0 Å². The van der Waals surface area contributed by atoms with Gasteiger partial charge in [0.05, 0.1) is 7.11 Å². The summed E-state index contributed by atoms with van der Waals surface area (Å²) in [4.78, 5) is 21.6. The number of aryl methyl sites for hydroxylation is 2. The van der Waals surface area contributed by atoms with Crippen molar-refractivity contribution >= 4 is 18.0 Å². The van der Waals surface area contributed by atoms with Crippen molar-refractivity contribution in [3.8, 4) is 0 Å². The Balaban J connectivity index is 2.89. The first-order valence-electron chi connectivity index (χ1n) is 5.60. The molecule has 0 aliphatic carbocycles. The molecule has 0 bridgehead atoms. The van der Waals surface area contributed by atoms with Crippen LogP contribution in [-0.4, -0.2) is 24.2 Å². The molecule has 1 rings (SSSR count). The topological polar surface area (TPSA) is 63.6 Å². The van der Waals surface area contributed by atoms with E-state index in [1.165, 1.54) is 7.11 Å². The number of hydrogen-bond donors (Lipinski definition) is 1. The number of esters is 1. The van der Waals surface area contributed by atoms with Gasteiger partial charge in [0, 0.05) is 12.5 Å². The standard InChI is InChI=1S/C14H16O4/c1-10-3-4-11(6-8-14(17)18-2)12(9-10)5-7-13(15)16/h3-5,7,9H,6,8H2,1-2H3,(H,15,16)/b7-5+. The third kappa shape index (κ3) is 4.41. The average Bonchev–Trinajstić information content (AvgIpc) is 2.34. The molecule has 0 heterocycles. The minimum atomic E-state index is -0.990. The molecule has 0 radical (unpaired) electrons. The molecular weight excluding hydrogens is 232 g/mol. The van der Waals surface area contributed by atoms with E-state index in [9.17, 15) is 9.59 Å². The van der Waals surface area contributed by atoms with Crippen LogP contribution in [0, 0.1) is 6.92 Å². The third-order valence-electron chi connectivity index (χ3n) is 2.53. The predicted molar refractivity (Wildman–Crippen MR) is 68.2 cm³/mol. The lowest BCUT2D eigenvalue weighted by Gasteiger charge is -2.06. The molecule has 0 amide bonds. The van der Waals surface area contributed by atoms with E-state index in [2.05, 4.69) is 4.74 Å². The Morgan fingerprint density at radius 3 is 2.72 bits per heavy atom. The molecule has 0 aromatic heterocycles. The van der Waals surface area contributed by atoms with Gasteiger partial charge in [-0.1, -0.05) is 23.8 Å². The molecule has 0 aliphatic heterocycles. The lowest BCUT2D eigenvalue weighted by molar-refractivity contribution is -0.140. The number of carbonyl (C=O) groups is 2. The number of ether oxygens (including phenoxy) is 1. The Kier molecular flexibility index (Phi) is 5.11. The van der Waals surface area contributed by atoms with Crippen molar-refractivity contribution in [1.29, 1.82) is 0 Å². The van der Waals surface area contributed by atoms with Crippen LogP contribution in [0.4, 0.5) is 0 Å². The van der Waals surface area contributed by atoms with E-state index in [1.807, 2.05) is 25.1 Å². The summed E-state index contributed by atoms with van der Waals surface area (Å²) in [5, 5.41) is 8.63. The molecule has 1 aromatic carbocycles. The van der Waals surface area contributed by atoms with Gasteiger partial charge in [-0.2, -0.15) is 0 Å². The molecule has 0 saturated carbocycles. The second-order valence-corrected chi connectivity index (χ2v) is 3.95. The van der Waals surface area contributed by atoms with Gasteiger partial charge in [0.1, 0.15) is 0 Å². The van der Waals surface area contributed by atoms with Crippen molar-refractivity contribution in [1.82, 2.24) is 0 Å². The van der Waals surface area contributed by atoms with Gasteiger partial charge in [-0.15, -0.1) is 0 Å². The smallest absolute Gasteiger partial charge is 0.328 e. The van der Waals surface area contributed by atoms with Gasteiger partial charge < -0.3 is 9.84 Å². The summed E-state index contributed by atoms with van der Waals surface area (Å²) in [5.74, 6) is -1.26. The molecular formula is C14H16O4. The van der Waals surface area contributed by atoms with Crippen molar-refractivity contribution in [3.63, 3.8) is 0 Å². The number of carboxylic acid groups (broad SMARTS) is 1. The SMILES string of the molecule is COC(=O)CCc1ccc(C)cc1/C=C/C(=O)O. The fraction of sp³-hybridized carbons (Fsp3) is 0.286. The molecule has 0 atom stereocenters. The summed E-state index contributed by atoms with van der Waals surface area (Å²) in [7, 11) is 1.35. The zero-order valence-electron chi connectivity index (χ0n) is 10.5. The van der Waals surface area contributed by atoms with Crippen LogP contribution in [-0.2, 0) is 20.7 Å². The Bertz CT molecular complexity index is 475. The second-order valence-electron chi connectivity index (χ2n) is 3.95. The molecule has 0 aliphatic rings. The van der Waals surface area contributed by atoms with Crippen LogP contribution in [0.5, 0.6) is 0 Å². The predicted octanol–water partition coefficient (Wildman–Crippen LogP) is 2.20. The van der Waals surface area contributed by atoms with Gasteiger partial charge in [-0.3, -0.25) is 4.79 Å². The van der Waals surface area contributed by atoms with Crippen LogP contribution in [0.1, 0.15) is 23.1 Å². The molecule has 1 N–H and O–H groups in total. The van der Waals surface area contributed by atoms with Crippen molar-refractivity contribution in [2.24, 2.45) is 0 Å². The van der Waals surface area contributed by atoms with Crippen molar-refractivity contribution in [2.45, 2.75) is 19.8 Å². The Labute approximate surface area is 106 Å². The zero-order valence-corrected chi connectivity index (χ0v) is 10.5. The third-order valence-corrected chi connectivity index (χ3v) is 2.53. The Morgan fingerprint density at radius 1 is 1.39 bits per heavy atom. The van der Waals surface area contributed by atoms with Gasteiger partial charge in [-0.25, -0.2) is 4.79 Å². The minimum absolute atomic E-state index is 0.274. The fourth-order valence-electron chi connectivity index (χ4n) is 1.60. The second kappa shape index (κ2) is 6.59. The monoisotopic (exact) mass is 248 g/mol. The first-order valence-corrected chi connectivity index (χ1v) is 5.60. The molecule has 0 saturated heterocycles. The summed E-state index contributed by atoms with van der Waals surface area (Å²) in [6.07, 6.45) is 3.46. The quantitative estimate of drug-likeness (QED) is 0.641. The number of aliphatic carboxylic acids is 1. The van der Waals surface area contributed by atoms with E-state index in [-0.39, 0.29) is 12.4 Å². The summed E-state index contributed by atoms with van der Waals surface area (Å²) in [6, 6.07) is 5.73. The number of rotatable bonds is 5. The van der Waals surface area contributed by atoms with E-state index < -0.39 is 5.97 Å². The summed E-state index contributed by atoms with van der Waals surface area (Å²) < 4.78 is 4.58. The highest BCUT2D eigenvalue weighted by atomic mass is 16.5. The van der Waals surface area contributed by atoms with Crippen LogP contribution >= 0.6 is 0 Å².